The Hall–Kier alpha value is -4.46. The van der Waals surface area contributed by atoms with Gasteiger partial charge in [-0.2, -0.15) is 0 Å². The van der Waals surface area contributed by atoms with Crippen LogP contribution >= 0.6 is 19.2 Å². The number of ether oxygens (including phenoxy) is 2. The van der Waals surface area contributed by atoms with Crippen LogP contribution in [0.25, 0.3) is 31.8 Å². The number of methoxy groups -OCH3 is 1. The number of nitrogens with one attached hydrogen (secondary N) is 1. The Kier molecular flexibility index (Phi) is 11.0. The Morgan fingerprint density at radius 1 is 1.25 bits per heavy atom. The summed E-state index contributed by atoms with van der Waals surface area (Å²) in [6.07, 6.45) is 2.64. The van der Waals surface area contributed by atoms with E-state index in [2.05, 4.69) is 71.5 Å². The second kappa shape index (κ2) is 15.4. The molecule has 1 fully saturated rings. The lowest BCUT2D eigenvalue weighted by molar-refractivity contribution is -0.120. The minimum absolute atomic E-state index is 0.107. The minimum Gasteiger partial charge on any atom is -0.383 e. The number of nitrogens with zero attached hydrogens (tertiary/aromatic N) is 6. The molecule has 3 atom stereocenters. The molecule has 2 aliphatic heterocycles. The van der Waals surface area contributed by atoms with E-state index in [0.29, 0.717) is 42.4 Å². The number of anilines is 2. The van der Waals surface area contributed by atoms with Gasteiger partial charge in [0.05, 0.1) is 51.0 Å². The van der Waals surface area contributed by atoms with Crippen LogP contribution in [0.5, 0.6) is 0 Å². The lowest BCUT2D eigenvalue weighted by Gasteiger charge is -2.19. The normalized spacial score (nSPS) is 17.5. The van der Waals surface area contributed by atoms with Gasteiger partial charge in [-0.3, -0.25) is 9.32 Å². The van der Waals surface area contributed by atoms with Crippen LogP contribution in [0.2, 0.25) is 0 Å². The maximum atomic E-state index is 12.7. The minimum atomic E-state index is -4.69. The third kappa shape index (κ3) is 8.54. The largest absolute Gasteiger partial charge is 0.469 e. The predicted molar refractivity (Wildman–Crippen MR) is 195 cm³/mol. The Balaban J connectivity index is 1.05. The van der Waals surface area contributed by atoms with Crippen molar-refractivity contribution >= 4 is 57.8 Å². The summed E-state index contributed by atoms with van der Waals surface area (Å²) in [5.41, 5.74) is 10.2. The molecule has 17 heteroatoms. The number of nitrogens with two attached hydrogens (primary N) is 1. The van der Waals surface area contributed by atoms with Crippen molar-refractivity contribution in [2.45, 2.75) is 37.7 Å². The molecule has 268 valence electrons. The number of rotatable bonds is 11. The van der Waals surface area contributed by atoms with Crippen molar-refractivity contribution in [3.63, 3.8) is 0 Å². The van der Waals surface area contributed by atoms with E-state index in [1.54, 1.807) is 22.1 Å². The summed E-state index contributed by atoms with van der Waals surface area (Å²) in [6, 6.07) is 12.5. The first-order valence-corrected chi connectivity index (χ1v) is 18.6. The fraction of sp³-hybridized carbons (Fsp3) is 0.382. The highest BCUT2D eigenvalue weighted by Gasteiger charge is 2.38. The molecular weight excluding hydrogens is 695 g/mol. The predicted octanol–water partition coefficient (Wildman–Crippen LogP) is 2.56. The van der Waals surface area contributed by atoms with E-state index in [9.17, 15) is 9.36 Å². The number of fused-ring (bicyclic) bond motifs is 3. The van der Waals surface area contributed by atoms with E-state index in [1.807, 2.05) is 27.2 Å². The van der Waals surface area contributed by atoms with Gasteiger partial charge in [-0.25, -0.2) is 24.1 Å². The van der Waals surface area contributed by atoms with Crippen LogP contribution in [0.3, 0.4) is 0 Å². The standard InChI is InChI=1S/C34H39N8O7PS/c1-40(2)22-9-11-24-28(15-22)51-29-16-23(10-12-25(29)39-24)41(3)14-6-8-30(43)36-13-5-7-21-18-42(34-32(21)33(35)37-20-38-34)31-17-26(47-4)27(49-31)19-48-50(44,45)46/h9-12,15-16,18,20,26-27,31H,6,8,13-14,17,19H2,1-4H3,(H4-,35,36,37,38,43,44,45,46)/p+1. The van der Waals surface area contributed by atoms with Gasteiger partial charge in [0.2, 0.25) is 11.3 Å². The topological polar surface area (TPSA) is 190 Å². The van der Waals surface area contributed by atoms with Gasteiger partial charge in [0, 0.05) is 57.6 Å². The highest BCUT2D eigenvalue weighted by molar-refractivity contribution is 7.46. The van der Waals surface area contributed by atoms with Crippen molar-refractivity contribution in [1.29, 1.82) is 0 Å². The summed E-state index contributed by atoms with van der Waals surface area (Å²) < 4.78 is 32.3. The van der Waals surface area contributed by atoms with Gasteiger partial charge in [0.25, 0.3) is 0 Å². The number of benzene rings is 2. The van der Waals surface area contributed by atoms with Gasteiger partial charge < -0.3 is 39.8 Å². The highest BCUT2D eigenvalue weighted by Crippen LogP contribution is 2.40. The Labute approximate surface area is 298 Å². The summed E-state index contributed by atoms with van der Waals surface area (Å²) >= 11 is 1.72. The van der Waals surface area contributed by atoms with E-state index in [4.69, 9.17) is 30.0 Å². The van der Waals surface area contributed by atoms with Gasteiger partial charge in [-0.05, 0) is 30.7 Å². The summed E-state index contributed by atoms with van der Waals surface area (Å²) in [5.74, 6) is 6.18. The zero-order valence-electron chi connectivity index (χ0n) is 28.6. The van der Waals surface area contributed by atoms with Crippen molar-refractivity contribution in [1.82, 2.24) is 29.4 Å². The molecule has 3 aliphatic rings. The molecule has 1 saturated heterocycles. The quantitative estimate of drug-likeness (QED) is 0.0673. The molecule has 15 nitrogen and oxygen atoms in total. The second-order valence-electron chi connectivity index (χ2n) is 12.3. The average molecular weight is 736 g/mol. The molecule has 4 heterocycles. The number of hydrogen-bond acceptors (Lipinski definition) is 11. The molecule has 0 bridgehead atoms. The molecule has 3 aromatic rings. The SMILES string of the molecule is COC1CC(n2cc(C#CCNC(=O)CCCN(C)c3ccc4nc5ccc(=[N+](C)C)cc-5sc4c3)c3c(N)ncnc32)OC1COP(=O)(O)O. The van der Waals surface area contributed by atoms with E-state index in [-0.39, 0.29) is 24.9 Å². The molecule has 0 radical (unpaired) electrons. The zero-order valence-corrected chi connectivity index (χ0v) is 30.4. The molecule has 1 aliphatic carbocycles. The molecule has 3 unspecified atom stereocenters. The number of carbonyl (C=O) groups is 1. The van der Waals surface area contributed by atoms with Crippen LogP contribution in [0.4, 0.5) is 11.5 Å². The smallest absolute Gasteiger partial charge is 0.383 e. The molecule has 2 aromatic heterocycles. The molecule has 5 N–H and O–H groups in total. The van der Waals surface area contributed by atoms with Crippen molar-refractivity contribution in [2.24, 2.45) is 0 Å². The first-order chi connectivity index (χ1) is 24.4. The van der Waals surface area contributed by atoms with Gasteiger partial charge in [0.15, 0.2) is 0 Å². The summed E-state index contributed by atoms with van der Waals surface area (Å²) in [5, 5.41) is 4.52. The lowest BCUT2D eigenvalue weighted by atomic mass is 10.2. The number of phosphoric acid groups is 1. The molecule has 0 spiro atoms. The van der Waals surface area contributed by atoms with Gasteiger partial charge in [-0.1, -0.05) is 11.8 Å². The van der Waals surface area contributed by atoms with Crippen LogP contribution in [0, 0.1) is 11.8 Å². The van der Waals surface area contributed by atoms with Crippen molar-refractivity contribution < 1.29 is 33.1 Å². The summed E-state index contributed by atoms with van der Waals surface area (Å²) in [7, 11) is 2.87. The van der Waals surface area contributed by atoms with E-state index < -0.39 is 26.3 Å². The van der Waals surface area contributed by atoms with E-state index in [0.717, 1.165) is 31.8 Å². The van der Waals surface area contributed by atoms with Gasteiger partial charge in [-0.15, -0.1) is 11.3 Å². The Morgan fingerprint density at radius 2 is 2.08 bits per heavy atom. The average Bonchev–Trinajstić information content (AvgIpc) is 3.69. The van der Waals surface area contributed by atoms with Gasteiger partial charge in [0.1, 0.15) is 44.2 Å². The Morgan fingerprint density at radius 3 is 2.84 bits per heavy atom. The number of aromatic nitrogens is 4. The van der Waals surface area contributed by atoms with Crippen LogP contribution in [-0.4, -0.2) is 95.4 Å². The Bertz CT molecular complexity index is 2220. The first kappa shape index (κ1) is 36.3. The third-order valence-electron chi connectivity index (χ3n) is 8.64. The number of amides is 1. The summed E-state index contributed by atoms with van der Waals surface area (Å²) in [4.78, 5) is 47.5. The second-order valence-corrected chi connectivity index (χ2v) is 14.7. The summed E-state index contributed by atoms with van der Waals surface area (Å²) in [6.45, 7) is 0.472. The number of hydrogen-bond donors (Lipinski definition) is 4. The molecule has 1 amide bonds. The van der Waals surface area contributed by atoms with E-state index in [1.165, 1.54) is 13.4 Å². The molecule has 1 aromatic carbocycles. The van der Waals surface area contributed by atoms with Crippen molar-refractivity contribution in [3.8, 4) is 22.4 Å². The fourth-order valence-electron chi connectivity index (χ4n) is 5.96. The van der Waals surface area contributed by atoms with Crippen molar-refractivity contribution in [3.05, 3.63) is 59.8 Å². The van der Waals surface area contributed by atoms with Crippen molar-refractivity contribution in [2.75, 3.05) is 58.6 Å². The highest BCUT2D eigenvalue weighted by atomic mass is 32.1. The fourth-order valence-corrected chi connectivity index (χ4v) is 7.33. The van der Waals surface area contributed by atoms with Crippen LogP contribution in [-0.2, 0) is 23.4 Å². The van der Waals surface area contributed by atoms with Crippen LogP contribution in [0.15, 0.2) is 48.9 Å². The van der Waals surface area contributed by atoms with Crippen LogP contribution < -0.4 is 25.9 Å². The molecule has 6 rings (SSSR count). The number of nitrogen functional groups attached to an aromatic ring is 1. The monoisotopic (exact) mass is 735 g/mol. The molecule has 51 heavy (non-hydrogen) atoms. The number of carbonyl (C=O) groups excluding carboxylic acids is 1. The number of phosphoric ester groups is 1. The maximum Gasteiger partial charge on any atom is 0.469 e. The first-order valence-electron chi connectivity index (χ1n) is 16.2. The third-order valence-corrected chi connectivity index (χ3v) is 10.2. The molecular formula is C34H40N8O7PS+. The van der Waals surface area contributed by atoms with E-state index >= 15 is 0 Å². The van der Waals surface area contributed by atoms with Gasteiger partial charge >= 0.3 is 7.82 Å². The molecule has 0 saturated carbocycles. The zero-order chi connectivity index (χ0) is 36.3. The van der Waals surface area contributed by atoms with Crippen LogP contribution in [0.1, 0.15) is 31.1 Å². The lowest BCUT2D eigenvalue weighted by Crippen LogP contribution is -2.27. The maximum absolute atomic E-state index is 12.7.